The summed E-state index contributed by atoms with van der Waals surface area (Å²) in [4.78, 5) is 1.19. The van der Waals surface area contributed by atoms with E-state index in [2.05, 4.69) is 34.1 Å². The van der Waals surface area contributed by atoms with E-state index in [4.69, 9.17) is 8.92 Å². The zero-order chi connectivity index (χ0) is 18.7. The molecule has 1 atom stereocenters. The molecule has 7 heteroatoms. The molecular formula is C19H19BrO4S2. The van der Waals surface area contributed by atoms with Crippen molar-refractivity contribution >= 4 is 47.5 Å². The second-order valence-corrected chi connectivity index (χ2v) is 9.79. The van der Waals surface area contributed by atoms with Gasteiger partial charge in [0.1, 0.15) is 5.75 Å². The fourth-order valence-corrected chi connectivity index (χ4v) is 4.68. The minimum atomic E-state index is -3.49. The number of halogens is 1. The van der Waals surface area contributed by atoms with Crippen LogP contribution >= 0.6 is 27.3 Å². The van der Waals surface area contributed by atoms with Gasteiger partial charge in [0.15, 0.2) is 0 Å². The lowest BCUT2D eigenvalue weighted by molar-refractivity contribution is 0.293. The van der Waals surface area contributed by atoms with Gasteiger partial charge in [-0.3, -0.25) is 4.18 Å². The molecule has 0 saturated heterocycles. The molecule has 0 saturated carbocycles. The van der Waals surface area contributed by atoms with E-state index >= 15 is 0 Å². The molecule has 1 unspecified atom stereocenters. The molecule has 1 aromatic heterocycles. The largest absolute Gasteiger partial charge is 0.497 e. The van der Waals surface area contributed by atoms with Crippen LogP contribution in [0.2, 0.25) is 0 Å². The summed E-state index contributed by atoms with van der Waals surface area (Å²) < 4.78 is 35.5. The zero-order valence-corrected chi connectivity index (χ0v) is 17.7. The Morgan fingerprint density at radius 1 is 1.12 bits per heavy atom. The van der Waals surface area contributed by atoms with Crippen LogP contribution in [0.15, 0.2) is 53.0 Å². The van der Waals surface area contributed by atoms with Crippen molar-refractivity contribution in [1.29, 1.82) is 0 Å². The Morgan fingerprint density at radius 2 is 1.85 bits per heavy atom. The third kappa shape index (κ3) is 5.07. The monoisotopic (exact) mass is 454 g/mol. The van der Waals surface area contributed by atoms with Gasteiger partial charge in [0, 0.05) is 20.0 Å². The molecule has 0 amide bonds. The van der Waals surface area contributed by atoms with Gasteiger partial charge in [-0.1, -0.05) is 28.1 Å². The van der Waals surface area contributed by atoms with Crippen LogP contribution in [0, 0.1) is 0 Å². The van der Waals surface area contributed by atoms with Gasteiger partial charge >= 0.3 is 0 Å². The number of hydrogen-bond acceptors (Lipinski definition) is 5. The van der Waals surface area contributed by atoms with Gasteiger partial charge in [0.2, 0.25) is 0 Å². The molecule has 26 heavy (non-hydrogen) atoms. The summed E-state index contributed by atoms with van der Waals surface area (Å²) in [6.07, 6.45) is 1.79. The van der Waals surface area contributed by atoms with Crippen molar-refractivity contribution in [2.75, 3.05) is 20.0 Å². The van der Waals surface area contributed by atoms with Gasteiger partial charge < -0.3 is 4.74 Å². The number of hydrogen-bond donors (Lipinski definition) is 0. The van der Waals surface area contributed by atoms with Gasteiger partial charge in [-0.05, 0) is 53.8 Å². The van der Waals surface area contributed by atoms with Crippen LogP contribution in [-0.4, -0.2) is 28.4 Å². The molecule has 0 N–H and O–H groups in total. The number of fused-ring (bicyclic) bond motifs is 1. The predicted octanol–water partition coefficient (Wildman–Crippen LogP) is 4.97. The third-order valence-electron chi connectivity index (χ3n) is 4.05. The van der Waals surface area contributed by atoms with Crippen molar-refractivity contribution in [3.8, 4) is 5.75 Å². The molecule has 2 aromatic carbocycles. The van der Waals surface area contributed by atoms with E-state index in [1.54, 1.807) is 18.4 Å². The summed E-state index contributed by atoms with van der Waals surface area (Å²) in [5.74, 6) is 0.704. The Hall–Kier alpha value is -1.41. The highest BCUT2D eigenvalue weighted by Gasteiger charge is 2.17. The maximum atomic E-state index is 11.5. The van der Waals surface area contributed by atoms with Crippen LogP contribution in [0.25, 0.3) is 10.1 Å². The average molecular weight is 455 g/mol. The van der Waals surface area contributed by atoms with Crippen LogP contribution in [0.3, 0.4) is 0 Å². The first kappa shape index (κ1) is 19.4. The summed E-state index contributed by atoms with van der Waals surface area (Å²) in [5, 5.41) is 1.18. The molecule has 138 valence electrons. The van der Waals surface area contributed by atoms with Crippen molar-refractivity contribution in [2.24, 2.45) is 0 Å². The molecule has 0 bridgehead atoms. The van der Waals surface area contributed by atoms with E-state index in [1.807, 2.05) is 30.3 Å². The molecule has 0 aliphatic heterocycles. The fourth-order valence-electron chi connectivity index (χ4n) is 2.77. The van der Waals surface area contributed by atoms with Crippen molar-refractivity contribution in [3.05, 3.63) is 63.4 Å². The Balaban J connectivity index is 1.87. The summed E-state index contributed by atoms with van der Waals surface area (Å²) in [7, 11) is -1.87. The Morgan fingerprint density at radius 3 is 2.50 bits per heavy atom. The molecule has 0 spiro atoms. The maximum Gasteiger partial charge on any atom is 0.264 e. The van der Waals surface area contributed by atoms with Gasteiger partial charge in [-0.2, -0.15) is 8.42 Å². The van der Waals surface area contributed by atoms with E-state index < -0.39 is 10.1 Å². The third-order valence-corrected chi connectivity index (χ3v) is 6.24. The summed E-state index contributed by atoms with van der Waals surface area (Å²) in [5.41, 5.74) is 1.02. The first-order chi connectivity index (χ1) is 12.3. The fraction of sp³-hybridized carbons (Fsp3) is 0.263. The number of thiophene rings is 1. The molecule has 0 aliphatic rings. The highest BCUT2D eigenvalue weighted by atomic mass is 79.9. The lowest BCUT2D eigenvalue weighted by atomic mass is 9.95. The number of benzene rings is 2. The lowest BCUT2D eigenvalue weighted by Gasteiger charge is -2.16. The SMILES string of the molecule is COc1ccc(C(COS(C)(=O)=O)Cc2cc3cc(Br)ccc3s2)cc1. The van der Waals surface area contributed by atoms with Crippen LogP contribution in [-0.2, 0) is 20.7 Å². The summed E-state index contributed by atoms with van der Waals surface area (Å²) in [6.45, 7) is 0.114. The first-order valence-corrected chi connectivity index (χ1v) is 11.4. The van der Waals surface area contributed by atoms with E-state index in [-0.39, 0.29) is 12.5 Å². The number of rotatable bonds is 7. The molecule has 0 fully saturated rings. The van der Waals surface area contributed by atoms with Gasteiger partial charge in [-0.25, -0.2) is 0 Å². The standard InChI is InChI=1S/C19H19BrO4S2/c1-23-17-6-3-13(4-7-17)15(12-24-26(2,21)22)11-18-10-14-9-16(20)5-8-19(14)25-18/h3-10,15H,11-12H2,1-2H3. The highest BCUT2D eigenvalue weighted by molar-refractivity contribution is 9.10. The molecular weight excluding hydrogens is 436 g/mol. The first-order valence-electron chi connectivity index (χ1n) is 8.00. The van der Waals surface area contributed by atoms with Crippen molar-refractivity contribution < 1.29 is 17.3 Å². The molecule has 0 aliphatic carbocycles. The van der Waals surface area contributed by atoms with Crippen LogP contribution < -0.4 is 4.74 Å². The van der Waals surface area contributed by atoms with Gasteiger partial charge in [-0.15, -0.1) is 11.3 Å². The number of ether oxygens (including phenoxy) is 1. The van der Waals surface area contributed by atoms with Crippen molar-refractivity contribution in [1.82, 2.24) is 0 Å². The lowest BCUT2D eigenvalue weighted by Crippen LogP contribution is -2.14. The van der Waals surface area contributed by atoms with Gasteiger partial charge in [0.25, 0.3) is 10.1 Å². The smallest absolute Gasteiger partial charge is 0.264 e. The van der Waals surface area contributed by atoms with E-state index in [9.17, 15) is 8.42 Å². The van der Waals surface area contributed by atoms with Crippen LogP contribution in [0.1, 0.15) is 16.4 Å². The summed E-state index contributed by atoms with van der Waals surface area (Å²) in [6, 6.07) is 16.0. The Kier molecular flexibility index (Phi) is 6.02. The molecule has 1 heterocycles. The zero-order valence-electron chi connectivity index (χ0n) is 14.4. The molecule has 4 nitrogen and oxygen atoms in total. The number of methoxy groups -OCH3 is 1. The van der Waals surface area contributed by atoms with Crippen LogP contribution in [0.5, 0.6) is 5.75 Å². The quantitative estimate of drug-likeness (QED) is 0.472. The topological polar surface area (TPSA) is 52.6 Å². The second-order valence-electron chi connectivity index (χ2n) is 6.06. The second kappa shape index (κ2) is 8.08. The van der Waals surface area contributed by atoms with Crippen LogP contribution in [0.4, 0.5) is 0 Å². The maximum absolute atomic E-state index is 11.5. The minimum absolute atomic E-state index is 0.0628. The molecule has 3 aromatic rings. The minimum Gasteiger partial charge on any atom is -0.497 e. The van der Waals surface area contributed by atoms with E-state index in [0.717, 1.165) is 22.0 Å². The Bertz CT molecular complexity index is 994. The van der Waals surface area contributed by atoms with E-state index in [0.29, 0.717) is 6.42 Å². The molecule has 3 rings (SSSR count). The molecule has 0 radical (unpaired) electrons. The predicted molar refractivity (Wildman–Crippen MR) is 110 cm³/mol. The normalized spacial score (nSPS) is 13.0. The van der Waals surface area contributed by atoms with E-state index in [1.165, 1.54) is 15.0 Å². The van der Waals surface area contributed by atoms with Crippen molar-refractivity contribution in [2.45, 2.75) is 12.3 Å². The van der Waals surface area contributed by atoms with Crippen molar-refractivity contribution in [3.63, 3.8) is 0 Å². The Labute approximate surface area is 166 Å². The highest BCUT2D eigenvalue weighted by Crippen LogP contribution is 2.32. The van der Waals surface area contributed by atoms with Gasteiger partial charge in [0.05, 0.1) is 20.0 Å². The average Bonchev–Trinajstić information content (AvgIpc) is 2.99. The summed E-state index contributed by atoms with van der Waals surface area (Å²) >= 11 is 5.22.